The molecule has 0 fully saturated rings. The number of aromatic hydroxyl groups is 1. The number of anilines is 3. The lowest BCUT2D eigenvalue weighted by atomic mass is 10.00. The number of para-hydroxylation sites is 1. The van der Waals surface area contributed by atoms with Gasteiger partial charge in [-0.15, -0.1) is 10.2 Å². The first-order valence-electron chi connectivity index (χ1n) is 17.2. The molecule has 16 heteroatoms. The zero-order valence-electron chi connectivity index (χ0n) is 31.6. The molecule has 4 N–H and O–H groups in total. The Kier molecular flexibility index (Phi) is 12.5. The summed E-state index contributed by atoms with van der Waals surface area (Å²) in [7, 11) is 7.12. The highest BCUT2D eigenvalue weighted by atomic mass is 35.5. The van der Waals surface area contributed by atoms with Gasteiger partial charge in [-0.2, -0.15) is 0 Å². The SMILES string of the molecule is COc1cc(NC(=O)c2ccc3c(/N=N/c4cc(C(=O)Nc5ccccc5)ccc4OC)c(O)c(C(=O)Nc4cc(OC)c(Cl)cc4OC)cc3c2)c(OC)cc1Cl. The van der Waals surface area contributed by atoms with E-state index in [0.29, 0.717) is 22.2 Å². The molecule has 0 aliphatic rings. The number of methoxy groups -OCH3 is 5. The molecule has 296 valence electrons. The highest BCUT2D eigenvalue weighted by Crippen LogP contribution is 2.43. The number of hydrogen-bond acceptors (Lipinski definition) is 11. The van der Waals surface area contributed by atoms with Crippen LogP contribution in [0.5, 0.6) is 34.5 Å². The van der Waals surface area contributed by atoms with Crippen molar-refractivity contribution in [1.29, 1.82) is 0 Å². The molecule has 0 saturated heterocycles. The second-order valence-corrected chi connectivity index (χ2v) is 13.1. The third kappa shape index (κ3) is 8.68. The molecule has 0 unspecified atom stereocenters. The molecule has 0 bridgehead atoms. The van der Waals surface area contributed by atoms with Crippen molar-refractivity contribution in [2.75, 3.05) is 51.5 Å². The van der Waals surface area contributed by atoms with Gasteiger partial charge in [0, 0.05) is 46.5 Å². The number of phenolic OH excluding ortho intramolecular Hbond substituents is 1. The van der Waals surface area contributed by atoms with Gasteiger partial charge in [0.25, 0.3) is 17.7 Å². The number of phenols is 1. The lowest BCUT2D eigenvalue weighted by molar-refractivity contribution is 0.101. The Morgan fingerprint density at radius 1 is 0.552 bits per heavy atom. The maximum Gasteiger partial charge on any atom is 0.259 e. The molecule has 58 heavy (non-hydrogen) atoms. The Bertz CT molecular complexity index is 2590. The molecule has 0 aromatic heterocycles. The van der Waals surface area contributed by atoms with Gasteiger partial charge in [0.05, 0.1) is 62.5 Å². The zero-order chi connectivity index (χ0) is 41.5. The van der Waals surface area contributed by atoms with E-state index in [0.717, 1.165) is 0 Å². The van der Waals surface area contributed by atoms with E-state index in [2.05, 4.69) is 26.2 Å². The summed E-state index contributed by atoms with van der Waals surface area (Å²) in [6.07, 6.45) is 0. The minimum atomic E-state index is -0.775. The van der Waals surface area contributed by atoms with Crippen LogP contribution in [-0.4, -0.2) is 58.4 Å². The molecule has 0 aliphatic carbocycles. The van der Waals surface area contributed by atoms with Crippen LogP contribution in [0.4, 0.5) is 28.4 Å². The molecule has 0 spiro atoms. The first-order chi connectivity index (χ1) is 28.0. The van der Waals surface area contributed by atoms with Gasteiger partial charge in [-0.05, 0) is 53.9 Å². The Morgan fingerprint density at radius 2 is 1.09 bits per heavy atom. The van der Waals surface area contributed by atoms with E-state index in [-0.39, 0.29) is 72.5 Å². The summed E-state index contributed by atoms with van der Waals surface area (Å²) in [4.78, 5) is 40.8. The minimum Gasteiger partial charge on any atom is -0.505 e. The summed E-state index contributed by atoms with van der Waals surface area (Å²) in [5.41, 5.74) is 1.27. The summed E-state index contributed by atoms with van der Waals surface area (Å²) in [5, 5.41) is 30.0. The number of carbonyl (C=O) groups excluding carboxylic acids is 3. The van der Waals surface area contributed by atoms with Crippen LogP contribution in [-0.2, 0) is 0 Å². The molecular formula is C42H35Cl2N5O9. The van der Waals surface area contributed by atoms with Gasteiger partial charge in [0.1, 0.15) is 40.1 Å². The van der Waals surface area contributed by atoms with Crippen molar-refractivity contribution in [3.05, 3.63) is 124 Å². The fourth-order valence-electron chi connectivity index (χ4n) is 5.83. The average molecular weight is 825 g/mol. The predicted molar refractivity (Wildman–Crippen MR) is 222 cm³/mol. The number of amides is 3. The summed E-state index contributed by atoms with van der Waals surface area (Å²) < 4.78 is 27.0. The summed E-state index contributed by atoms with van der Waals surface area (Å²) in [6, 6.07) is 25.4. The molecular weight excluding hydrogens is 789 g/mol. The number of halogens is 2. The van der Waals surface area contributed by atoms with Crippen LogP contribution >= 0.6 is 23.2 Å². The fraction of sp³-hybridized carbons (Fsp3) is 0.119. The first kappa shape index (κ1) is 40.6. The van der Waals surface area contributed by atoms with Crippen LogP contribution < -0.4 is 39.6 Å². The van der Waals surface area contributed by atoms with Crippen LogP contribution in [0.3, 0.4) is 0 Å². The van der Waals surface area contributed by atoms with Crippen LogP contribution in [0.15, 0.2) is 107 Å². The smallest absolute Gasteiger partial charge is 0.259 e. The molecule has 0 heterocycles. The minimum absolute atomic E-state index is 0.124. The van der Waals surface area contributed by atoms with E-state index in [1.165, 1.54) is 84.1 Å². The molecule has 6 rings (SSSR count). The first-order valence-corrected chi connectivity index (χ1v) is 18.0. The molecule has 14 nitrogen and oxygen atoms in total. The monoisotopic (exact) mass is 823 g/mol. The second kappa shape index (κ2) is 17.8. The van der Waals surface area contributed by atoms with E-state index in [9.17, 15) is 19.5 Å². The van der Waals surface area contributed by atoms with Gasteiger partial charge >= 0.3 is 0 Å². The van der Waals surface area contributed by atoms with Gasteiger partial charge in [0.2, 0.25) is 0 Å². The molecule has 0 aliphatic heterocycles. The number of hydrogen-bond donors (Lipinski definition) is 4. The van der Waals surface area contributed by atoms with Crippen molar-refractivity contribution >= 4 is 80.1 Å². The molecule has 6 aromatic carbocycles. The van der Waals surface area contributed by atoms with Gasteiger partial charge in [-0.25, -0.2) is 0 Å². The van der Waals surface area contributed by atoms with Crippen molar-refractivity contribution in [3.8, 4) is 34.5 Å². The van der Waals surface area contributed by atoms with Crippen molar-refractivity contribution in [2.24, 2.45) is 10.2 Å². The number of azo groups is 1. The molecule has 3 amide bonds. The van der Waals surface area contributed by atoms with Gasteiger partial charge in [-0.3, -0.25) is 14.4 Å². The zero-order valence-corrected chi connectivity index (χ0v) is 33.1. The maximum absolute atomic E-state index is 14.0. The normalized spacial score (nSPS) is 10.9. The Hall–Kier alpha value is -7.03. The number of fused-ring (bicyclic) bond motifs is 1. The number of nitrogens with one attached hydrogen (secondary N) is 3. The number of rotatable bonds is 13. The molecule has 0 atom stereocenters. The third-order valence-corrected chi connectivity index (χ3v) is 9.36. The van der Waals surface area contributed by atoms with Crippen molar-refractivity contribution in [2.45, 2.75) is 0 Å². The highest BCUT2D eigenvalue weighted by Gasteiger charge is 2.23. The Morgan fingerprint density at radius 3 is 1.67 bits per heavy atom. The van der Waals surface area contributed by atoms with E-state index in [4.69, 9.17) is 46.9 Å². The van der Waals surface area contributed by atoms with E-state index in [1.54, 1.807) is 42.5 Å². The summed E-state index contributed by atoms with van der Waals surface area (Å²) in [6.45, 7) is 0. The van der Waals surface area contributed by atoms with Gasteiger partial charge in [-0.1, -0.05) is 47.5 Å². The quantitative estimate of drug-likeness (QED) is 0.0825. The number of benzene rings is 6. The third-order valence-electron chi connectivity index (χ3n) is 8.77. The van der Waals surface area contributed by atoms with Crippen LogP contribution in [0.2, 0.25) is 10.0 Å². The highest BCUT2D eigenvalue weighted by molar-refractivity contribution is 6.33. The molecule has 0 saturated carbocycles. The lowest BCUT2D eigenvalue weighted by Crippen LogP contribution is -2.14. The average Bonchev–Trinajstić information content (AvgIpc) is 3.23. The van der Waals surface area contributed by atoms with E-state index >= 15 is 0 Å². The summed E-state index contributed by atoms with van der Waals surface area (Å²) >= 11 is 12.5. The summed E-state index contributed by atoms with van der Waals surface area (Å²) in [5.74, 6) is -0.916. The number of ether oxygens (including phenoxy) is 5. The van der Waals surface area contributed by atoms with Crippen LogP contribution in [0, 0.1) is 0 Å². The van der Waals surface area contributed by atoms with Gasteiger partial charge < -0.3 is 44.7 Å². The van der Waals surface area contributed by atoms with Crippen molar-refractivity contribution in [1.82, 2.24) is 0 Å². The largest absolute Gasteiger partial charge is 0.505 e. The standard InChI is InChI=1S/C42H35Cl2N5O9/c1-54-33-14-12-23(40(51)45-25-9-7-6-8-10-25)17-32(33)48-49-38-26-13-11-22(41(52)46-30-20-34(55-2)28(43)18-36(30)57-4)15-24(26)16-27(39(38)50)42(53)47-31-21-35(56-3)29(44)19-37(31)58-5/h6-21,50H,1-5H3,(H,45,51)(H,46,52)(H,47,53)/b49-48+. The molecule has 6 aromatic rings. The number of nitrogens with zero attached hydrogens (tertiary/aromatic N) is 2. The molecule has 0 radical (unpaired) electrons. The van der Waals surface area contributed by atoms with Gasteiger partial charge in [0.15, 0.2) is 5.75 Å². The fourth-order valence-corrected chi connectivity index (χ4v) is 6.29. The number of carbonyl (C=O) groups is 3. The van der Waals surface area contributed by atoms with Crippen LogP contribution in [0.25, 0.3) is 10.8 Å². The lowest BCUT2D eigenvalue weighted by Gasteiger charge is -2.15. The topological polar surface area (TPSA) is 178 Å². The van der Waals surface area contributed by atoms with E-state index in [1.807, 2.05) is 6.07 Å². The van der Waals surface area contributed by atoms with E-state index < -0.39 is 23.5 Å². The Labute approximate surface area is 342 Å². The maximum atomic E-state index is 14.0. The Balaban J connectivity index is 1.44. The predicted octanol–water partition coefficient (Wildman–Crippen LogP) is 10.1. The van der Waals surface area contributed by atoms with Crippen molar-refractivity contribution < 1.29 is 43.2 Å². The second-order valence-electron chi connectivity index (χ2n) is 12.2. The van der Waals surface area contributed by atoms with Crippen LogP contribution in [0.1, 0.15) is 31.1 Å². The van der Waals surface area contributed by atoms with Crippen molar-refractivity contribution in [3.63, 3.8) is 0 Å².